The normalized spacial score (nSPS) is 23.4. The highest BCUT2D eigenvalue weighted by atomic mass is 16.5. The average Bonchev–Trinajstić information content (AvgIpc) is 2.80. The van der Waals surface area contributed by atoms with Gasteiger partial charge in [0.2, 0.25) is 5.95 Å². The van der Waals surface area contributed by atoms with Crippen LogP contribution < -0.4 is 5.32 Å². The molecule has 1 aliphatic rings. The molecule has 1 heterocycles. The first-order chi connectivity index (χ1) is 7.70. The maximum atomic E-state index is 5.02. The lowest BCUT2D eigenvalue weighted by Gasteiger charge is -2.08. The Kier molecular flexibility index (Phi) is 3.49. The summed E-state index contributed by atoms with van der Waals surface area (Å²) >= 11 is 0. The molecule has 4 heteroatoms. The van der Waals surface area contributed by atoms with Crippen molar-refractivity contribution in [3.05, 3.63) is 11.9 Å². The van der Waals surface area contributed by atoms with E-state index in [2.05, 4.69) is 28.0 Å². The average molecular weight is 223 g/mol. The minimum Gasteiger partial charge on any atom is -0.383 e. The molecule has 2 atom stereocenters. The Morgan fingerprint density at radius 1 is 1.62 bits per heavy atom. The fraction of sp³-hybridized carbons (Fsp3) is 0.750. The fourth-order valence-corrected chi connectivity index (χ4v) is 2.00. The van der Waals surface area contributed by atoms with Gasteiger partial charge in [0, 0.05) is 26.4 Å². The Balaban J connectivity index is 1.93. The first-order valence-electron chi connectivity index (χ1n) is 5.97. The maximum Gasteiger partial charge on any atom is 0.203 e. The molecule has 1 aliphatic carbocycles. The highest BCUT2D eigenvalue weighted by Crippen LogP contribution is 2.39. The standard InChI is InChI=1S/C12H21N3O/c1-9-6-11(9)8-15-7-10(2)14-12(15)13-4-5-16-3/h7,9,11H,4-6,8H2,1-3H3,(H,13,14). The molecule has 0 bridgehead atoms. The molecule has 4 nitrogen and oxygen atoms in total. The monoisotopic (exact) mass is 223 g/mol. The number of nitrogens with one attached hydrogen (secondary N) is 1. The number of aromatic nitrogens is 2. The van der Waals surface area contributed by atoms with Crippen LogP contribution in [0, 0.1) is 18.8 Å². The van der Waals surface area contributed by atoms with Gasteiger partial charge in [0.15, 0.2) is 0 Å². The third kappa shape index (κ3) is 2.76. The first-order valence-corrected chi connectivity index (χ1v) is 5.97. The van der Waals surface area contributed by atoms with Gasteiger partial charge in [-0.25, -0.2) is 4.98 Å². The lowest BCUT2D eigenvalue weighted by molar-refractivity contribution is 0.210. The third-order valence-electron chi connectivity index (χ3n) is 3.19. The van der Waals surface area contributed by atoms with E-state index in [1.165, 1.54) is 6.42 Å². The van der Waals surface area contributed by atoms with Crippen LogP contribution in [-0.4, -0.2) is 29.8 Å². The molecular weight excluding hydrogens is 202 g/mol. The fourth-order valence-electron chi connectivity index (χ4n) is 2.00. The van der Waals surface area contributed by atoms with Gasteiger partial charge in [0.1, 0.15) is 0 Å². The van der Waals surface area contributed by atoms with Gasteiger partial charge in [-0.05, 0) is 25.2 Å². The Morgan fingerprint density at radius 3 is 3.00 bits per heavy atom. The van der Waals surface area contributed by atoms with Gasteiger partial charge >= 0.3 is 0 Å². The molecule has 1 aromatic rings. The summed E-state index contributed by atoms with van der Waals surface area (Å²) in [4.78, 5) is 4.48. The first kappa shape index (κ1) is 11.5. The second kappa shape index (κ2) is 4.87. The number of rotatable bonds is 6. The lowest BCUT2D eigenvalue weighted by Crippen LogP contribution is -2.13. The summed E-state index contributed by atoms with van der Waals surface area (Å²) in [6.07, 6.45) is 3.48. The van der Waals surface area contributed by atoms with Crippen molar-refractivity contribution in [2.45, 2.75) is 26.8 Å². The number of methoxy groups -OCH3 is 1. The van der Waals surface area contributed by atoms with Crippen molar-refractivity contribution in [1.29, 1.82) is 0 Å². The molecule has 1 N–H and O–H groups in total. The Bertz CT molecular complexity index is 348. The summed E-state index contributed by atoms with van der Waals surface area (Å²) in [5, 5.41) is 3.31. The molecule has 0 radical (unpaired) electrons. The van der Waals surface area contributed by atoms with E-state index in [4.69, 9.17) is 4.74 Å². The molecule has 1 aromatic heterocycles. The third-order valence-corrected chi connectivity index (χ3v) is 3.19. The van der Waals surface area contributed by atoms with Crippen LogP contribution in [-0.2, 0) is 11.3 Å². The van der Waals surface area contributed by atoms with E-state index in [-0.39, 0.29) is 0 Å². The predicted molar refractivity (Wildman–Crippen MR) is 64.6 cm³/mol. The molecule has 1 fully saturated rings. The van der Waals surface area contributed by atoms with Crippen molar-refractivity contribution in [1.82, 2.24) is 9.55 Å². The molecule has 2 unspecified atom stereocenters. The maximum absolute atomic E-state index is 5.02. The summed E-state index contributed by atoms with van der Waals surface area (Å²) in [5.41, 5.74) is 1.08. The number of imidazole rings is 1. The van der Waals surface area contributed by atoms with Gasteiger partial charge in [0.25, 0.3) is 0 Å². The van der Waals surface area contributed by atoms with E-state index in [0.717, 1.165) is 36.6 Å². The summed E-state index contributed by atoms with van der Waals surface area (Å²) < 4.78 is 7.26. The molecular formula is C12H21N3O. The van der Waals surface area contributed by atoms with Gasteiger partial charge < -0.3 is 14.6 Å². The Hall–Kier alpha value is -1.03. The van der Waals surface area contributed by atoms with E-state index < -0.39 is 0 Å². The van der Waals surface area contributed by atoms with E-state index in [0.29, 0.717) is 6.61 Å². The van der Waals surface area contributed by atoms with Gasteiger partial charge in [-0.15, -0.1) is 0 Å². The molecule has 0 spiro atoms. The Morgan fingerprint density at radius 2 is 2.38 bits per heavy atom. The smallest absolute Gasteiger partial charge is 0.203 e. The molecule has 0 aromatic carbocycles. The summed E-state index contributed by atoms with van der Waals surface area (Å²) in [5.74, 6) is 2.71. The predicted octanol–water partition coefficient (Wildman–Crippen LogP) is 1.91. The zero-order valence-electron chi connectivity index (χ0n) is 10.4. The van der Waals surface area contributed by atoms with Crippen molar-refractivity contribution < 1.29 is 4.74 Å². The number of nitrogens with zero attached hydrogens (tertiary/aromatic N) is 2. The minimum atomic E-state index is 0.714. The second-order valence-electron chi connectivity index (χ2n) is 4.75. The van der Waals surface area contributed by atoms with E-state index in [9.17, 15) is 0 Å². The van der Waals surface area contributed by atoms with E-state index in [1.807, 2.05) is 6.92 Å². The van der Waals surface area contributed by atoms with Crippen LogP contribution in [0.3, 0.4) is 0 Å². The van der Waals surface area contributed by atoms with Crippen molar-refractivity contribution in [3.8, 4) is 0 Å². The molecule has 0 aliphatic heterocycles. The number of hydrogen-bond donors (Lipinski definition) is 1. The van der Waals surface area contributed by atoms with Gasteiger partial charge in [-0.1, -0.05) is 6.92 Å². The number of hydrogen-bond acceptors (Lipinski definition) is 3. The molecule has 0 saturated heterocycles. The van der Waals surface area contributed by atoms with Crippen LogP contribution in [0.2, 0.25) is 0 Å². The van der Waals surface area contributed by atoms with E-state index in [1.54, 1.807) is 7.11 Å². The molecule has 1 saturated carbocycles. The molecule has 16 heavy (non-hydrogen) atoms. The van der Waals surface area contributed by atoms with Gasteiger partial charge in [0.05, 0.1) is 12.3 Å². The highest BCUT2D eigenvalue weighted by molar-refractivity contribution is 5.28. The second-order valence-corrected chi connectivity index (χ2v) is 4.75. The van der Waals surface area contributed by atoms with Crippen LogP contribution in [0.1, 0.15) is 19.0 Å². The van der Waals surface area contributed by atoms with Crippen LogP contribution in [0.5, 0.6) is 0 Å². The lowest BCUT2D eigenvalue weighted by atomic mass is 10.3. The number of ether oxygens (including phenoxy) is 1. The highest BCUT2D eigenvalue weighted by Gasteiger charge is 2.33. The van der Waals surface area contributed by atoms with Crippen molar-refractivity contribution >= 4 is 5.95 Å². The van der Waals surface area contributed by atoms with Crippen LogP contribution in [0.25, 0.3) is 0 Å². The molecule has 0 amide bonds. The van der Waals surface area contributed by atoms with Crippen molar-refractivity contribution in [3.63, 3.8) is 0 Å². The number of anilines is 1. The van der Waals surface area contributed by atoms with Gasteiger partial charge in [-0.3, -0.25) is 0 Å². The summed E-state index contributed by atoms with van der Waals surface area (Å²) in [6.45, 7) is 6.97. The zero-order valence-corrected chi connectivity index (χ0v) is 10.4. The Labute approximate surface area is 97.0 Å². The minimum absolute atomic E-state index is 0.714. The number of aryl methyl sites for hydroxylation is 1. The summed E-state index contributed by atoms with van der Waals surface area (Å²) in [7, 11) is 1.71. The van der Waals surface area contributed by atoms with Crippen molar-refractivity contribution in [2.75, 3.05) is 25.6 Å². The molecule has 2 rings (SSSR count). The van der Waals surface area contributed by atoms with Gasteiger partial charge in [-0.2, -0.15) is 0 Å². The van der Waals surface area contributed by atoms with Crippen LogP contribution in [0.15, 0.2) is 6.20 Å². The SMILES string of the molecule is COCCNc1nc(C)cn1CC1CC1C. The topological polar surface area (TPSA) is 39.1 Å². The van der Waals surface area contributed by atoms with Crippen LogP contribution >= 0.6 is 0 Å². The zero-order chi connectivity index (χ0) is 11.5. The molecule has 90 valence electrons. The largest absolute Gasteiger partial charge is 0.383 e. The van der Waals surface area contributed by atoms with Crippen molar-refractivity contribution in [2.24, 2.45) is 11.8 Å². The quantitative estimate of drug-likeness (QED) is 0.749. The van der Waals surface area contributed by atoms with E-state index >= 15 is 0 Å². The summed E-state index contributed by atoms with van der Waals surface area (Å²) in [6, 6.07) is 0. The van der Waals surface area contributed by atoms with Crippen LogP contribution in [0.4, 0.5) is 5.95 Å².